The van der Waals surface area contributed by atoms with Crippen molar-refractivity contribution in [1.82, 2.24) is 0 Å². The van der Waals surface area contributed by atoms with Crippen molar-refractivity contribution >= 4 is 0 Å². The van der Waals surface area contributed by atoms with Gasteiger partial charge in [-0.05, 0) is 72.8 Å². The van der Waals surface area contributed by atoms with Gasteiger partial charge < -0.3 is 10.5 Å². The summed E-state index contributed by atoms with van der Waals surface area (Å²) in [6, 6.07) is 6.84. The summed E-state index contributed by atoms with van der Waals surface area (Å²) in [6.45, 7) is 5.22. The standard InChI is InChI=1S/C20H25NO/c1-12-3-4-16(9-13(12)2)20(21)18-11-17(18)14-5-6-19-15(10-14)7-8-22-19/h3-5,9-10,17-20H,6-8,11,21H2,1-2H3. The zero-order valence-electron chi connectivity index (χ0n) is 13.5. The molecule has 1 saturated carbocycles. The smallest absolute Gasteiger partial charge is 0.0823 e. The fourth-order valence-corrected chi connectivity index (χ4v) is 3.96. The Morgan fingerprint density at radius 2 is 2.09 bits per heavy atom. The highest BCUT2D eigenvalue weighted by Crippen LogP contribution is 2.52. The zero-order chi connectivity index (χ0) is 15.3. The topological polar surface area (TPSA) is 35.2 Å². The van der Waals surface area contributed by atoms with Crippen molar-refractivity contribution < 1.29 is 4.74 Å². The third-order valence-electron chi connectivity index (χ3n) is 5.69. The molecule has 1 heterocycles. The summed E-state index contributed by atoms with van der Waals surface area (Å²) >= 11 is 0. The first-order valence-electron chi connectivity index (χ1n) is 8.48. The Balaban J connectivity index is 1.47. The number of aryl methyl sites for hydroxylation is 2. The molecule has 22 heavy (non-hydrogen) atoms. The third-order valence-corrected chi connectivity index (χ3v) is 5.69. The molecule has 4 rings (SSSR count). The van der Waals surface area contributed by atoms with Gasteiger partial charge in [-0.1, -0.05) is 30.4 Å². The van der Waals surface area contributed by atoms with E-state index in [1.165, 1.54) is 34.3 Å². The first-order chi connectivity index (χ1) is 10.6. The molecular weight excluding hydrogens is 270 g/mol. The highest BCUT2D eigenvalue weighted by atomic mass is 16.5. The van der Waals surface area contributed by atoms with Gasteiger partial charge in [-0.25, -0.2) is 0 Å². The number of hydrogen-bond acceptors (Lipinski definition) is 2. The molecule has 1 aliphatic heterocycles. The van der Waals surface area contributed by atoms with Crippen molar-refractivity contribution in [1.29, 1.82) is 0 Å². The molecule has 0 bridgehead atoms. The van der Waals surface area contributed by atoms with Crippen molar-refractivity contribution in [3.05, 3.63) is 58.2 Å². The van der Waals surface area contributed by atoms with Crippen LogP contribution in [-0.4, -0.2) is 12.7 Å². The number of fused-ring (bicyclic) bond motifs is 1. The molecule has 0 amide bonds. The summed E-state index contributed by atoms with van der Waals surface area (Å²) in [4.78, 5) is 0. The van der Waals surface area contributed by atoms with Crippen molar-refractivity contribution in [2.24, 2.45) is 17.6 Å². The van der Waals surface area contributed by atoms with Crippen LogP contribution in [0.5, 0.6) is 0 Å². The van der Waals surface area contributed by atoms with Gasteiger partial charge in [-0.2, -0.15) is 0 Å². The minimum absolute atomic E-state index is 0.168. The molecule has 1 aromatic rings. The van der Waals surface area contributed by atoms with Crippen LogP contribution in [0, 0.1) is 25.7 Å². The van der Waals surface area contributed by atoms with E-state index >= 15 is 0 Å². The second kappa shape index (κ2) is 5.36. The van der Waals surface area contributed by atoms with E-state index in [1.54, 1.807) is 0 Å². The van der Waals surface area contributed by atoms with Crippen molar-refractivity contribution in [3.8, 4) is 0 Å². The van der Waals surface area contributed by atoms with Gasteiger partial charge in [0.25, 0.3) is 0 Å². The van der Waals surface area contributed by atoms with Crippen LogP contribution in [0.15, 0.2) is 41.5 Å². The van der Waals surface area contributed by atoms with E-state index in [0.717, 1.165) is 19.4 Å². The summed E-state index contributed by atoms with van der Waals surface area (Å²) in [6.07, 6.45) is 8.56. The van der Waals surface area contributed by atoms with E-state index in [2.05, 4.69) is 44.2 Å². The number of ether oxygens (including phenoxy) is 1. The lowest BCUT2D eigenvalue weighted by atomic mass is 9.91. The van der Waals surface area contributed by atoms with Crippen LogP contribution in [0.4, 0.5) is 0 Å². The zero-order valence-corrected chi connectivity index (χ0v) is 13.5. The molecule has 2 N–H and O–H groups in total. The van der Waals surface area contributed by atoms with Crippen molar-refractivity contribution in [2.75, 3.05) is 6.61 Å². The van der Waals surface area contributed by atoms with Gasteiger partial charge >= 0.3 is 0 Å². The van der Waals surface area contributed by atoms with Crippen LogP contribution in [0.3, 0.4) is 0 Å². The van der Waals surface area contributed by atoms with Gasteiger partial charge in [-0.15, -0.1) is 0 Å². The summed E-state index contributed by atoms with van der Waals surface area (Å²) in [5.41, 5.74) is 13.5. The molecule has 0 radical (unpaired) electrons. The number of benzene rings is 1. The molecule has 2 nitrogen and oxygen atoms in total. The van der Waals surface area contributed by atoms with E-state index in [0.29, 0.717) is 17.9 Å². The van der Waals surface area contributed by atoms with Gasteiger partial charge in [0.1, 0.15) is 0 Å². The lowest BCUT2D eigenvalue weighted by Gasteiger charge is -2.18. The van der Waals surface area contributed by atoms with E-state index in [9.17, 15) is 0 Å². The molecule has 3 aliphatic rings. The second-order valence-corrected chi connectivity index (χ2v) is 7.14. The van der Waals surface area contributed by atoms with E-state index < -0.39 is 0 Å². The highest BCUT2D eigenvalue weighted by Gasteiger charge is 2.44. The Morgan fingerprint density at radius 3 is 2.91 bits per heavy atom. The predicted octanol–water partition coefficient (Wildman–Crippen LogP) is 3.98. The number of allylic oxidation sites excluding steroid dienone is 2. The number of rotatable bonds is 3. The summed E-state index contributed by atoms with van der Waals surface area (Å²) in [7, 11) is 0. The predicted molar refractivity (Wildman–Crippen MR) is 89.6 cm³/mol. The largest absolute Gasteiger partial charge is 0.373 e. The van der Waals surface area contributed by atoms with Crippen molar-refractivity contribution in [2.45, 2.75) is 45.3 Å². The Morgan fingerprint density at radius 1 is 1.23 bits per heavy atom. The third kappa shape index (κ3) is 2.45. The average molecular weight is 295 g/mol. The van der Waals surface area contributed by atoms with E-state index in [-0.39, 0.29) is 6.04 Å². The van der Waals surface area contributed by atoms with Gasteiger partial charge in [0.05, 0.1) is 12.7 Å². The van der Waals surface area contributed by atoms with E-state index in [4.69, 9.17) is 10.5 Å². The summed E-state index contributed by atoms with van der Waals surface area (Å²) < 4.78 is 5.74. The Kier molecular flexibility index (Phi) is 3.47. The Labute approximate surface area is 133 Å². The summed E-state index contributed by atoms with van der Waals surface area (Å²) in [5, 5.41) is 0. The molecule has 4 atom stereocenters. The van der Waals surface area contributed by atoms with Crippen molar-refractivity contribution in [3.63, 3.8) is 0 Å². The van der Waals surface area contributed by atoms with Crippen LogP contribution in [0.2, 0.25) is 0 Å². The molecule has 0 spiro atoms. The van der Waals surface area contributed by atoms with Crippen LogP contribution in [-0.2, 0) is 4.74 Å². The van der Waals surface area contributed by atoms with Crippen LogP contribution in [0.25, 0.3) is 0 Å². The fraction of sp³-hybridized carbons (Fsp3) is 0.500. The average Bonchev–Trinajstić information content (AvgIpc) is 3.18. The molecule has 1 saturated heterocycles. The van der Waals surface area contributed by atoms with Gasteiger partial charge in [0.15, 0.2) is 0 Å². The quantitative estimate of drug-likeness (QED) is 0.915. The van der Waals surface area contributed by atoms with Gasteiger partial charge in [0, 0.05) is 6.04 Å². The molecule has 0 aromatic heterocycles. The maximum absolute atomic E-state index is 6.55. The minimum Gasteiger partial charge on any atom is -0.373 e. The molecule has 2 fully saturated rings. The molecule has 116 valence electrons. The second-order valence-electron chi connectivity index (χ2n) is 7.14. The Hall–Kier alpha value is -1.38. The first-order valence-corrected chi connectivity index (χ1v) is 8.48. The molecular formula is C20H25NO. The maximum atomic E-state index is 6.55. The lowest BCUT2D eigenvalue weighted by Crippen LogP contribution is -2.15. The maximum Gasteiger partial charge on any atom is 0.0823 e. The van der Waals surface area contributed by atoms with Gasteiger partial charge in [0.2, 0.25) is 0 Å². The first kappa shape index (κ1) is 14.2. The monoisotopic (exact) mass is 295 g/mol. The Bertz CT molecular complexity index is 658. The minimum atomic E-state index is 0.168. The van der Waals surface area contributed by atoms with Crippen LogP contribution >= 0.6 is 0 Å². The lowest BCUT2D eigenvalue weighted by molar-refractivity contribution is 0.125. The molecule has 1 aromatic carbocycles. The molecule has 2 heteroatoms. The highest BCUT2D eigenvalue weighted by molar-refractivity contribution is 5.39. The SMILES string of the molecule is Cc1ccc(C(N)C2CC2C2=CCC3OCCC3=C2)cc1C. The van der Waals surface area contributed by atoms with Crippen LogP contribution < -0.4 is 5.73 Å². The normalized spacial score (nSPS) is 31.3. The van der Waals surface area contributed by atoms with Gasteiger partial charge in [-0.3, -0.25) is 0 Å². The number of nitrogens with two attached hydrogens (primary N) is 1. The number of hydrogen-bond donors (Lipinski definition) is 1. The molecule has 4 unspecified atom stereocenters. The molecule has 2 aliphatic carbocycles. The summed E-state index contributed by atoms with van der Waals surface area (Å²) in [5.74, 6) is 1.26. The van der Waals surface area contributed by atoms with Crippen LogP contribution in [0.1, 0.15) is 42.0 Å². The fourth-order valence-electron chi connectivity index (χ4n) is 3.96. The van der Waals surface area contributed by atoms with E-state index in [1.807, 2.05) is 0 Å².